The summed E-state index contributed by atoms with van der Waals surface area (Å²) >= 11 is 7.72. The molecule has 154 valence electrons. The van der Waals surface area contributed by atoms with E-state index < -0.39 is 11.4 Å². The number of halogens is 1. The van der Waals surface area contributed by atoms with Crippen LogP contribution in [0.15, 0.2) is 29.3 Å². The molecule has 0 spiro atoms. The lowest BCUT2D eigenvalue weighted by molar-refractivity contribution is -0.148. The van der Waals surface area contributed by atoms with Crippen LogP contribution in [-0.4, -0.2) is 59.4 Å². The molecule has 2 aliphatic heterocycles. The Bertz CT molecular complexity index is 978. The number of carbonyl (C=O) groups excluding carboxylic acids is 1. The average molecular weight is 435 g/mol. The predicted molar refractivity (Wildman–Crippen MR) is 117 cm³/mol. The molecule has 0 unspecified atom stereocenters. The fraction of sp³-hybridized carbons (Fsp3) is 0.429. The summed E-state index contributed by atoms with van der Waals surface area (Å²) in [6.45, 7) is 9.49. The van der Waals surface area contributed by atoms with Crippen molar-refractivity contribution in [1.29, 1.82) is 0 Å². The molecule has 1 fully saturated rings. The van der Waals surface area contributed by atoms with E-state index >= 15 is 0 Å². The number of hydrogen-bond donors (Lipinski definition) is 0. The first-order valence-electron chi connectivity index (χ1n) is 9.63. The van der Waals surface area contributed by atoms with E-state index in [1.54, 1.807) is 0 Å². The van der Waals surface area contributed by atoms with E-state index in [0.29, 0.717) is 10.9 Å². The number of piperazine rings is 1. The summed E-state index contributed by atoms with van der Waals surface area (Å²) in [6, 6.07) is 7.94. The van der Waals surface area contributed by atoms with Crippen LogP contribution >= 0.6 is 22.9 Å². The smallest absolute Gasteiger partial charge is 0.522 e. The highest BCUT2D eigenvalue weighted by Crippen LogP contribution is 2.44. The number of aryl methyl sites for hydroxylation is 1. The minimum Gasteiger partial charge on any atom is -0.564 e. The number of thiophene rings is 1. The van der Waals surface area contributed by atoms with Crippen LogP contribution in [0.1, 0.15) is 25.0 Å². The van der Waals surface area contributed by atoms with Gasteiger partial charge in [-0.2, -0.15) is 0 Å². The zero-order valence-electron chi connectivity index (χ0n) is 16.8. The molecule has 29 heavy (non-hydrogen) atoms. The largest absolute Gasteiger partial charge is 0.564 e. The molecule has 2 aliphatic rings. The maximum Gasteiger partial charge on any atom is 0.522 e. The normalized spacial score (nSPS) is 17.1. The molecule has 3 heterocycles. The Morgan fingerprint density at radius 3 is 2.69 bits per heavy atom. The molecule has 1 aromatic heterocycles. The standard InChI is InChI=1S/C21H24ClN3O3S/c1-13-4-5-15-16(10-13)28-19-14(11-17(22)29-19)18(23-15)25-8-6-24(7-9-25)12-21(2,3)20(26)27/h4-5,10-11H,6-9,12H2,1-3H3,(H,26,27)/p+1. The second kappa shape index (κ2) is 7.63. The Kier molecular flexibility index (Phi) is 5.31. The molecule has 0 radical (unpaired) electrons. The maximum atomic E-state index is 11.6. The molecule has 4 rings (SSSR count). The second-order valence-corrected chi connectivity index (χ2v) is 9.88. The van der Waals surface area contributed by atoms with Crippen molar-refractivity contribution in [3.63, 3.8) is 0 Å². The summed E-state index contributed by atoms with van der Waals surface area (Å²) in [4.78, 5) is 21.0. The number of nitrogens with zero attached hydrogens (tertiary/aromatic N) is 3. The highest BCUT2D eigenvalue weighted by atomic mass is 35.5. The lowest BCUT2D eigenvalue weighted by Crippen LogP contribution is -2.51. The number of fused-ring (bicyclic) bond motifs is 2. The van der Waals surface area contributed by atoms with Gasteiger partial charge in [-0.15, -0.1) is 0 Å². The molecule has 0 amide bonds. The molecule has 0 atom stereocenters. The van der Waals surface area contributed by atoms with Gasteiger partial charge in [0.1, 0.15) is 16.9 Å². The van der Waals surface area contributed by atoms with Crippen LogP contribution in [0.4, 0.5) is 5.69 Å². The van der Waals surface area contributed by atoms with Gasteiger partial charge in [-0.1, -0.05) is 29.0 Å². The van der Waals surface area contributed by atoms with Crippen molar-refractivity contribution in [2.24, 2.45) is 10.4 Å². The van der Waals surface area contributed by atoms with E-state index in [1.165, 1.54) is 11.3 Å². The fourth-order valence-corrected chi connectivity index (χ4v) is 4.70. The van der Waals surface area contributed by atoms with Gasteiger partial charge in [0.25, 0.3) is 0 Å². The van der Waals surface area contributed by atoms with E-state index in [1.807, 2.05) is 45.0 Å². The Morgan fingerprint density at radius 2 is 2.00 bits per heavy atom. The number of carbonyl (C=O) groups is 1. The number of hydrogen-bond acceptors (Lipinski definition) is 6. The van der Waals surface area contributed by atoms with Crippen molar-refractivity contribution >= 4 is 40.4 Å². The van der Waals surface area contributed by atoms with Crippen molar-refractivity contribution in [3.05, 3.63) is 39.7 Å². The summed E-state index contributed by atoms with van der Waals surface area (Å²) in [5.41, 5.74) is 2.20. The number of benzene rings is 1. The first-order chi connectivity index (χ1) is 13.7. The van der Waals surface area contributed by atoms with E-state index in [0.717, 1.165) is 59.6 Å². The Hall–Kier alpha value is -2.09. The van der Waals surface area contributed by atoms with Crippen molar-refractivity contribution < 1.29 is 14.6 Å². The molecule has 8 heteroatoms. The van der Waals surface area contributed by atoms with Gasteiger partial charge in [-0.25, -0.2) is 4.99 Å². The van der Waals surface area contributed by atoms with Crippen LogP contribution in [0.3, 0.4) is 0 Å². The average Bonchev–Trinajstić information content (AvgIpc) is 2.94. The molecule has 0 bridgehead atoms. The van der Waals surface area contributed by atoms with Crippen molar-refractivity contribution in [2.45, 2.75) is 20.8 Å². The van der Waals surface area contributed by atoms with Gasteiger partial charge in [0.15, 0.2) is 10.8 Å². The minimum absolute atomic E-state index is 0.519. The highest BCUT2D eigenvalue weighted by molar-refractivity contribution is 7.18. The highest BCUT2D eigenvalue weighted by Gasteiger charge is 2.37. The first kappa shape index (κ1) is 20.2. The molecular weight excluding hydrogens is 410 g/mol. The Balaban J connectivity index is 1.59. The van der Waals surface area contributed by atoms with Gasteiger partial charge in [0.05, 0.1) is 9.90 Å². The Morgan fingerprint density at radius 1 is 1.28 bits per heavy atom. The number of aliphatic imine (C=N–C) groups is 1. The summed E-state index contributed by atoms with van der Waals surface area (Å²) < 4.78 is 6.84. The molecule has 2 N–H and O–H groups in total. The lowest BCUT2D eigenvalue weighted by Gasteiger charge is -2.38. The van der Waals surface area contributed by atoms with Crippen LogP contribution in [0.2, 0.25) is 4.34 Å². The van der Waals surface area contributed by atoms with Gasteiger partial charge < -0.3 is 14.7 Å². The summed E-state index contributed by atoms with van der Waals surface area (Å²) in [5.74, 6) is 1.10. The third-order valence-corrected chi connectivity index (χ3v) is 6.50. The zero-order valence-corrected chi connectivity index (χ0v) is 18.4. The van der Waals surface area contributed by atoms with Crippen LogP contribution in [0.25, 0.3) is 0 Å². The number of rotatable bonds is 3. The van der Waals surface area contributed by atoms with Gasteiger partial charge in [-0.05, 0) is 44.5 Å². The molecule has 1 aromatic carbocycles. The zero-order chi connectivity index (χ0) is 20.8. The van der Waals surface area contributed by atoms with Gasteiger partial charge in [-0.3, -0.25) is 4.90 Å². The fourth-order valence-electron chi connectivity index (χ4n) is 3.64. The van der Waals surface area contributed by atoms with Crippen molar-refractivity contribution in [2.75, 3.05) is 32.7 Å². The van der Waals surface area contributed by atoms with Crippen LogP contribution in [-0.2, 0) is 4.79 Å². The number of amidine groups is 1. The SMILES string of the molecule is Cc1ccc2c(c1)Oc1sc(Cl)cc1C(N1CCN(CC(C)(C)C(=O)[OH2+])CC1)=N2. The molecule has 2 aromatic rings. The second-order valence-electron chi connectivity index (χ2n) is 8.24. The molecule has 0 saturated carbocycles. The van der Waals surface area contributed by atoms with Gasteiger partial charge in [0, 0.05) is 37.5 Å². The van der Waals surface area contributed by atoms with Crippen LogP contribution in [0, 0.1) is 12.3 Å². The molecular formula is C21H25ClN3O3S+. The van der Waals surface area contributed by atoms with E-state index in [-0.39, 0.29) is 0 Å². The van der Waals surface area contributed by atoms with Gasteiger partial charge >= 0.3 is 5.97 Å². The third-order valence-electron chi connectivity index (χ3n) is 5.36. The summed E-state index contributed by atoms with van der Waals surface area (Å²) in [7, 11) is 0. The lowest BCUT2D eigenvalue weighted by atomic mass is 9.93. The molecule has 6 nitrogen and oxygen atoms in total. The topological polar surface area (TPSA) is 68.0 Å². The Labute approximate surface area is 179 Å². The summed E-state index contributed by atoms with van der Waals surface area (Å²) in [6.07, 6.45) is 0. The molecule has 1 saturated heterocycles. The van der Waals surface area contributed by atoms with E-state index in [4.69, 9.17) is 26.4 Å². The summed E-state index contributed by atoms with van der Waals surface area (Å²) in [5, 5.41) is 8.24. The van der Waals surface area contributed by atoms with Crippen LogP contribution in [0.5, 0.6) is 10.8 Å². The van der Waals surface area contributed by atoms with Crippen molar-refractivity contribution in [3.8, 4) is 10.8 Å². The van der Waals surface area contributed by atoms with E-state index in [9.17, 15) is 4.79 Å². The molecule has 0 aliphatic carbocycles. The van der Waals surface area contributed by atoms with E-state index in [2.05, 4.69) is 9.80 Å². The maximum absolute atomic E-state index is 11.6. The minimum atomic E-state index is -0.652. The first-order valence-corrected chi connectivity index (χ1v) is 10.8. The third kappa shape index (κ3) is 4.13. The van der Waals surface area contributed by atoms with Gasteiger partial charge in [0.2, 0.25) is 0 Å². The monoisotopic (exact) mass is 434 g/mol. The quantitative estimate of drug-likeness (QED) is 0.689. The van der Waals surface area contributed by atoms with Crippen LogP contribution < -0.4 is 4.74 Å². The van der Waals surface area contributed by atoms with Crippen molar-refractivity contribution in [1.82, 2.24) is 9.80 Å². The predicted octanol–water partition coefficient (Wildman–Crippen LogP) is 3.79. The number of ether oxygens (including phenoxy) is 1.